The lowest BCUT2D eigenvalue weighted by molar-refractivity contribution is -0.117. The van der Waals surface area contributed by atoms with Gasteiger partial charge >= 0.3 is 0 Å². The first-order valence-electron chi connectivity index (χ1n) is 4.84. The Hall–Kier alpha value is -0.120. The summed E-state index contributed by atoms with van der Waals surface area (Å²) in [6, 6.07) is 1.65. The first-order chi connectivity index (χ1) is 8.29. The van der Waals surface area contributed by atoms with Gasteiger partial charge in [0.2, 0.25) is 15.0 Å². The molecule has 0 radical (unpaired) electrons. The monoisotopic (exact) mass is 420 g/mol. The van der Waals surface area contributed by atoms with Crippen LogP contribution < -0.4 is 4.90 Å². The minimum absolute atomic E-state index is 0.0231. The van der Waals surface area contributed by atoms with Crippen molar-refractivity contribution in [3.63, 3.8) is 0 Å². The minimum atomic E-state index is -3.74. The predicted molar refractivity (Wildman–Crippen MR) is 77.5 cm³/mol. The first-order valence-corrected chi connectivity index (χ1v) is 8.67. The van der Waals surface area contributed by atoms with E-state index in [1.165, 1.54) is 11.1 Å². The summed E-state index contributed by atoms with van der Waals surface area (Å²) in [6.45, 7) is 0.0231. The van der Waals surface area contributed by atoms with E-state index in [9.17, 15) is 13.2 Å². The van der Waals surface area contributed by atoms with Crippen molar-refractivity contribution in [3.05, 3.63) is 20.9 Å². The van der Waals surface area contributed by atoms with Crippen LogP contribution in [0.25, 0.3) is 0 Å². The van der Waals surface area contributed by atoms with Gasteiger partial charge in [-0.1, -0.05) is 11.6 Å². The lowest BCUT2D eigenvalue weighted by Gasteiger charge is -2.16. The zero-order valence-corrected chi connectivity index (χ0v) is 13.3. The molecule has 0 saturated carbocycles. The van der Waals surface area contributed by atoms with E-state index in [1.54, 1.807) is 6.07 Å². The molecule has 0 spiro atoms. The molecule has 0 N–H and O–H groups in total. The highest BCUT2D eigenvalue weighted by Gasteiger charge is 2.39. The molecule has 18 heavy (non-hydrogen) atoms. The van der Waals surface area contributed by atoms with Crippen LogP contribution in [0.2, 0.25) is 5.02 Å². The van der Waals surface area contributed by atoms with Crippen molar-refractivity contribution in [2.75, 3.05) is 11.4 Å². The molecule has 1 amide bonds. The molecule has 98 valence electrons. The summed E-state index contributed by atoms with van der Waals surface area (Å²) < 4.78 is 23.2. The number of rotatable bonds is 2. The zero-order valence-electron chi connectivity index (χ0n) is 8.81. The summed E-state index contributed by atoms with van der Waals surface area (Å²) in [7, 11) is 1.53. The molecule has 1 aromatic rings. The number of carbonyl (C=O) groups is 1. The van der Waals surface area contributed by atoms with Gasteiger partial charge in [0.05, 0.1) is 8.59 Å². The van der Waals surface area contributed by atoms with Gasteiger partial charge < -0.3 is 0 Å². The summed E-state index contributed by atoms with van der Waals surface area (Å²) >= 11 is 7.76. The second-order valence-corrected chi connectivity index (χ2v) is 8.27. The van der Waals surface area contributed by atoms with Gasteiger partial charge in [-0.3, -0.25) is 9.69 Å². The Kier molecular flexibility index (Phi) is 4.05. The van der Waals surface area contributed by atoms with E-state index in [1.807, 2.05) is 22.6 Å². The number of nitrogens with zero attached hydrogens (tertiary/aromatic N) is 2. The Labute approximate surface area is 127 Å². The standard InChI is InChI=1S/C9H7Cl2IN2O3S/c10-5-1-7(12)9(13-3-5)14-4-6(2-8(14)15)18(11,16)17/h1,3,6H,2,4H2. The Bertz CT molecular complexity index is 608. The number of anilines is 1. The Morgan fingerprint density at radius 1 is 1.50 bits per heavy atom. The lowest BCUT2D eigenvalue weighted by Crippen LogP contribution is -2.28. The molecule has 1 saturated heterocycles. The summed E-state index contributed by atoms with van der Waals surface area (Å²) in [5.41, 5.74) is 0. The molecule has 0 aromatic carbocycles. The van der Waals surface area contributed by atoms with E-state index in [-0.39, 0.29) is 18.9 Å². The highest BCUT2D eigenvalue weighted by Crippen LogP contribution is 2.29. The van der Waals surface area contributed by atoms with E-state index in [2.05, 4.69) is 4.98 Å². The van der Waals surface area contributed by atoms with Crippen LogP contribution in [-0.2, 0) is 13.8 Å². The van der Waals surface area contributed by atoms with Gasteiger partial charge in [-0.15, -0.1) is 0 Å². The fourth-order valence-electron chi connectivity index (χ4n) is 1.67. The third-order valence-electron chi connectivity index (χ3n) is 2.53. The molecule has 2 heterocycles. The summed E-state index contributed by atoms with van der Waals surface area (Å²) in [5, 5.41) is -0.434. The second kappa shape index (κ2) is 5.10. The molecular weight excluding hydrogens is 414 g/mol. The smallest absolute Gasteiger partial charge is 0.237 e. The molecule has 0 aliphatic carbocycles. The first kappa shape index (κ1) is 14.3. The number of pyridine rings is 1. The average molecular weight is 421 g/mol. The van der Waals surface area contributed by atoms with Crippen molar-refractivity contribution in [2.45, 2.75) is 11.7 Å². The molecule has 9 heteroatoms. The van der Waals surface area contributed by atoms with Crippen molar-refractivity contribution in [3.8, 4) is 0 Å². The van der Waals surface area contributed by atoms with Crippen LogP contribution in [0.4, 0.5) is 5.82 Å². The van der Waals surface area contributed by atoms with Crippen molar-refractivity contribution in [1.82, 2.24) is 4.98 Å². The Morgan fingerprint density at radius 2 is 2.17 bits per heavy atom. The van der Waals surface area contributed by atoms with E-state index in [0.717, 1.165) is 0 Å². The van der Waals surface area contributed by atoms with Gasteiger partial charge in [0, 0.05) is 29.8 Å². The Balaban J connectivity index is 2.33. The van der Waals surface area contributed by atoms with Crippen LogP contribution in [0.1, 0.15) is 6.42 Å². The van der Waals surface area contributed by atoms with Gasteiger partial charge in [-0.25, -0.2) is 13.4 Å². The van der Waals surface area contributed by atoms with Crippen LogP contribution in [0.5, 0.6) is 0 Å². The number of carbonyl (C=O) groups excluding carboxylic acids is 1. The van der Waals surface area contributed by atoms with Crippen molar-refractivity contribution in [2.24, 2.45) is 0 Å². The third kappa shape index (κ3) is 2.89. The van der Waals surface area contributed by atoms with Gasteiger partial charge in [0.1, 0.15) is 11.1 Å². The number of halogens is 3. The van der Waals surface area contributed by atoms with Gasteiger partial charge in [0.25, 0.3) is 0 Å². The summed E-state index contributed by atoms with van der Waals surface area (Å²) in [4.78, 5) is 17.2. The number of amides is 1. The molecule has 1 aliphatic heterocycles. The molecular formula is C9H7Cl2IN2O3S. The largest absolute Gasteiger partial charge is 0.295 e. The van der Waals surface area contributed by atoms with E-state index in [4.69, 9.17) is 22.3 Å². The van der Waals surface area contributed by atoms with Gasteiger partial charge in [-0.2, -0.15) is 0 Å². The summed E-state index contributed by atoms with van der Waals surface area (Å²) in [6.07, 6.45) is 1.29. The van der Waals surface area contributed by atoms with Crippen LogP contribution >= 0.6 is 44.9 Å². The molecule has 5 nitrogen and oxygen atoms in total. The fourth-order valence-corrected chi connectivity index (χ4v) is 3.81. The highest BCUT2D eigenvalue weighted by atomic mass is 127. The van der Waals surface area contributed by atoms with Crippen molar-refractivity contribution >= 4 is 65.7 Å². The van der Waals surface area contributed by atoms with Gasteiger partial charge in [-0.05, 0) is 28.7 Å². The maximum Gasteiger partial charge on any atom is 0.237 e. The molecule has 1 aliphatic rings. The second-order valence-electron chi connectivity index (χ2n) is 3.77. The van der Waals surface area contributed by atoms with Crippen molar-refractivity contribution in [1.29, 1.82) is 0 Å². The van der Waals surface area contributed by atoms with E-state index >= 15 is 0 Å². The summed E-state index contributed by atoms with van der Waals surface area (Å²) in [5.74, 6) is 0.102. The minimum Gasteiger partial charge on any atom is -0.295 e. The van der Waals surface area contributed by atoms with Crippen LogP contribution in [-0.4, -0.2) is 31.1 Å². The van der Waals surface area contributed by atoms with Gasteiger partial charge in [0.15, 0.2) is 0 Å². The van der Waals surface area contributed by atoms with Crippen LogP contribution in [0.3, 0.4) is 0 Å². The highest BCUT2D eigenvalue weighted by molar-refractivity contribution is 14.1. The van der Waals surface area contributed by atoms with Crippen LogP contribution in [0.15, 0.2) is 12.3 Å². The molecule has 1 unspecified atom stereocenters. The maximum atomic E-state index is 11.8. The number of hydrogen-bond donors (Lipinski definition) is 0. The SMILES string of the molecule is O=C1CC(S(=O)(=O)Cl)CN1c1ncc(Cl)cc1I. The normalized spacial score (nSPS) is 20.5. The number of aromatic nitrogens is 1. The topological polar surface area (TPSA) is 67.3 Å². The van der Waals surface area contributed by atoms with E-state index in [0.29, 0.717) is 14.4 Å². The molecule has 1 fully saturated rings. The Morgan fingerprint density at radius 3 is 2.67 bits per heavy atom. The third-order valence-corrected chi connectivity index (χ3v) is 5.40. The lowest BCUT2D eigenvalue weighted by atomic mass is 10.4. The fraction of sp³-hybridized carbons (Fsp3) is 0.333. The molecule has 1 aromatic heterocycles. The molecule has 2 rings (SSSR count). The molecule has 1 atom stereocenters. The number of hydrogen-bond acceptors (Lipinski definition) is 4. The maximum absolute atomic E-state index is 11.8. The average Bonchev–Trinajstić information content (AvgIpc) is 2.60. The predicted octanol–water partition coefficient (Wildman–Crippen LogP) is 2.01. The quantitative estimate of drug-likeness (QED) is 0.542. The zero-order chi connectivity index (χ0) is 13.5. The van der Waals surface area contributed by atoms with Crippen LogP contribution in [0, 0.1) is 3.57 Å². The van der Waals surface area contributed by atoms with Crippen molar-refractivity contribution < 1.29 is 13.2 Å². The van der Waals surface area contributed by atoms with E-state index < -0.39 is 14.3 Å². The molecule has 0 bridgehead atoms.